The molecule has 3 amide bonds. The predicted octanol–water partition coefficient (Wildman–Crippen LogP) is 25.8. The molecule has 17 nitrogen and oxygen atoms in total. The molecule has 0 heterocycles. The molecule has 0 aliphatic heterocycles. The number of nitrogens with zero attached hydrogens (tertiary/aromatic N) is 3. The monoisotopic (exact) mass is 1610 g/mol. The van der Waals surface area contributed by atoms with E-state index >= 15 is 0 Å². The van der Waals surface area contributed by atoms with Crippen LogP contribution in [-0.2, 0) is 52.5 Å². The molecule has 2 N–H and O–H groups in total. The van der Waals surface area contributed by atoms with Crippen LogP contribution in [0.15, 0.2) is 0 Å². The predicted molar refractivity (Wildman–Crippen MR) is 477 cm³/mol. The van der Waals surface area contributed by atoms with Gasteiger partial charge in [-0.3, -0.25) is 33.7 Å². The van der Waals surface area contributed by atoms with Gasteiger partial charge in [0, 0.05) is 51.9 Å². The zero-order chi connectivity index (χ0) is 83.5. The van der Waals surface area contributed by atoms with Gasteiger partial charge in [-0.25, -0.2) is 4.79 Å². The average Bonchev–Trinajstić information content (AvgIpc) is 0.881. The van der Waals surface area contributed by atoms with E-state index in [9.17, 15) is 33.6 Å². The minimum atomic E-state index is -0.854. The summed E-state index contributed by atoms with van der Waals surface area (Å²) in [5.41, 5.74) is -0.854. The minimum absolute atomic E-state index is 0.0311. The Labute approximate surface area is 703 Å². The highest BCUT2D eigenvalue weighted by atomic mass is 16.6. The first-order valence-corrected chi connectivity index (χ1v) is 49.2. The van der Waals surface area contributed by atoms with Crippen LogP contribution < -0.4 is 10.6 Å². The van der Waals surface area contributed by atoms with Crippen molar-refractivity contribution in [3.63, 3.8) is 0 Å². The van der Waals surface area contributed by atoms with Crippen molar-refractivity contribution in [3.8, 4) is 0 Å². The van der Waals surface area contributed by atoms with Crippen LogP contribution in [0.25, 0.3) is 0 Å². The summed E-state index contributed by atoms with van der Waals surface area (Å²) in [6.45, 7) is 24.3. The van der Waals surface area contributed by atoms with E-state index < -0.39 is 11.7 Å². The van der Waals surface area contributed by atoms with E-state index in [1.807, 2.05) is 0 Å². The van der Waals surface area contributed by atoms with Crippen LogP contribution in [0, 0.1) is 0 Å². The Kier molecular flexibility index (Phi) is 81.1. The summed E-state index contributed by atoms with van der Waals surface area (Å²) in [4.78, 5) is 99.1. The Balaban J connectivity index is 5.85. The Morgan fingerprint density at radius 1 is 0.272 bits per heavy atom. The molecule has 0 aromatic carbocycles. The third kappa shape index (κ3) is 79.1. The van der Waals surface area contributed by atoms with Gasteiger partial charge in [-0.15, -0.1) is 0 Å². The maximum Gasteiger partial charge on any atom is 0.411 e. The second kappa shape index (κ2) is 84.0. The molecule has 0 aliphatic rings. The van der Waals surface area contributed by atoms with E-state index in [-0.39, 0.29) is 61.0 Å². The number of esters is 4. The number of nitrogens with one attached hydrogen (secondary N) is 2. The molecule has 0 aromatic rings. The first-order chi connectivity index (χ1) is 55.5. The summed E-state index contributed by atoms with van der Waals surface area (Å²) in [5, 5.41) is 6.10. The van der Waals surface area contributed by atoms with E-state index in [4.69, 9.17) is 23.7 Å². The van der Waals surface area contributed by atoms with Gasteiger partial charge in [-0.2, -0.15) is 0 Å². The lowest BCUT2D eigenvalue weighted by Crippen LogP contribution is -2.49. The maximum absolute atomic E-state index is 13.8. The summed E-state index contributed by atoms with van der Waals surface area (Å²) in [7, 11) is 0. The molecular weight excluding hydrogens is 1430 g/mol. The summed E-state index contributed by atoms with van der Waals surface area (Å²) in [6, 6.07) is 0. The van der Waals surface area contributed by atoms with Gasteiger partial charge < -0.3 is 44.1 Å². The normalized spacial score (nSPS) is 11.7. The summed E-state index contributed by atoms with van der Waals surface area (Å²) in [5.74, 6) is -1.11. The number of amides is 3. The number of rotatable bonds is 88. The fourth-order valence-corrected chi connectivity index (χ4v) is 15.1. The Morgan fingerprint density at radius 3 is 0.772 bits per heavy atom. The van der Waals surface area contributed by atoms with Gasteiger partial charge in [-0.1, -0.05) is 324 Å². The third-order valence-corrected chi connectivity index (χ3v) is 22.4. The molecule has 0 fully saturated rings. The average molecular weight is 1620 g/mol. The summed E-state index contributed by atoms with van der Waals surface area (Å²) < 4.78 is 29.3. The Bertz CT molecular complexity index is 2010. The highest BCUT2D eigenvalue weighted by molar-refractivity contribution is 5.87. The van der Waals surface area contributed by atoms with Gasteiger partial charge in [0.1, 0.15) is 30.9 Å². The molecule has 17 heteroatoms. The molecule has 114 heavy (non-hydrogen) atoms. The fraction of sp³-hybridized carbons (Fsp3) is 0.928. The number of hydrogen-bond acceptors (Lipinski definition) is 14. The fourth-order valence-electron chi connectivity index (χ4n) is 15.1. The van der Waals surface area contributed by atoms with Crippen LogP contribution in [0.4, 0.5) is 4.79 Å². The first-order valence-electron chi connectivity index (χ1n) is 49.2. The Hall–Kier alpha value is -3.99. The topological polar surface area (TPSA) is 199 Å². The largest absolute Gasteiger partial charge is 0.466 e. The molecule has 0 rings (SSSR count). The van der Waals surface area contributed by atoms with Gasteiger partial charge in [0.05, 0.1) is 13.2 Å². The number of hydrogen-bond donors (Lipinski definition) is 2. The van der Waals surface area contributed by atoms with Crippen molar-refractivity contribution in [2.45, 2.75) is 504 Å². The van der Waals surface area contributed by atoms with Gasteiger partial charge in [0.15, 0.2) is 0 Å². The summed E-state index contributed by atoms with van der Waals surface area (Å²) in [6.07, 6.45) is 71.3. The smallest absolute Gasteiger partial charge is 0.411 e. The Morgan fingerprint density at radius 2 is 0.500 bits per heavy atom. The van der Waals surface area contributed by atoms with Crippen molar-refractivity contribution in [3.05, 3.63) is 0 Å². The lowest BCUT2D eigenvalue weighted by Gasteiger charge is -2.27. The first kappa shape index (κ1) is 110. The number of carbonyl (C=O) groups excluding carboxylic acids is 7. The van der Waals surface area contributed by atoms with E-state index in [1.54, 1.807) is 20.8 Å². The zero-order valence-corrected chi connectivity index (χ0v) is 76.5. The molecule has 0 saturated carbocycles. The molecule has 0 radical (unpaired) electrons. The molecule has 0 unspecified atom stereocenters. The molecule has 0 spiro atoms. The van der Waals surface area contributed by atoms with Crippen molar-refractivity contribution in [1.29, 1.82) is 0 Å². The van der Waals surface area contributed by atoms with Crippen molar-refractivity contribution < 1.29 is 57.2 Å². The van der Waals surface area contributed by atoms with Crippen molar-refractivity contribution in [2.75, 3.05) is 78.7 Å². The highest BCUT2D eigenvalue weighted by Gasteiger charge is 2.27. The number of unbranched alkanes of at least 4 members (excludes halogenated alkanes) is 48. The molecule has 0 atom stereocenters. The molecular formula is C97H187N5O12. The minimum Gasteiger partial charge on any atom is -0.466 e. The van der Waals surface area contributed by atoms with E-state index in [2.05, 4.69) is 62.0 Å². The second-order valence-electron chi connectivity index (χ2n) is 34.9. The van der Waals surface area contributed by atoms with E-state index in [0.29, 0.717) is 65.1 Å². The van der Waals surface area contributed by atoms with Crippen LogP contribution in [0.5, 0.6) is 0 Å². The quantitative estimate of drug-likeness (QED) is 0.0331. The van der Waals surface area contributed by atoms with Crippen molar-refractivity contribution in [1.82, 2.24) is 25.3 Å². The van der Waals surface area contributed by atoms with Gasteiger partial charge in [0.25, 0.3) is 0 Å². The third-order valence-electron chi connectivity index (χ3n) is 22.4. The van der Waals surface area contributed by atoms with Crippen LogP contribution in [0.2, 0.25) is 0 Å². The SMILES string of the molecule is CCCCCCCCCCCOC(=O)CCCCCN(CCCCCCCC(=O)OC(CCCCCCCC)CCCCCCCC)CCNC(=O)CN(CC(=O)NCCN(CCCCCCCC(=O)OC(CCCCCCCC)CCCCCCCC)CCCCCC(=O)OCCCCCCCCCCC)C(=O)OC(C)(C)C. The highest BCUT2D eigenvalue weighted by Crippen LogP contribution is 2.23. The van der Waals surface area contributed by atoms with Gasteiger partial charge >= 0.3 is 30.0 Å². The number of ether oxygens (including phenoxy) is 5. The van der Waals surface area contributed by atoms with E-state index in [0.717, 1.165) is 206 Å². The summed E-state index contributed by atoms with van der Waals surface area (Å²) >= 11 is 0. The molecule has 0 aliphatic carbocycles. The van der Waals surface area contributed by atoms with Crippen LogP contribution in [-0.4, -0.2) is 153 Å². The van der Waals surface area contributed by atoms with Crippen LogP contribution in [0.3, 0.4) is 0 Å². The molecule has 0 saturated heterocycles. The van der Waals surface area contributed by atoms with Gasteiger partial charge in [-0.05, 0) is 163 Å². The van der Waals surface area contributed by atoms with Crippen LogP contribution >= 0.6 is 0 Å². The molecule has 672 valence electrons. The maximum atomic E-state index is 13.8. The molecule has 0 aromatic heterocycles. The second-order valence-corrected chi connectivity index (χ2v) is 34.9. The lowest BCUT2D eigenvalue weighted by atomic mass is 10.0. The zero-order valence-electron chi connectivity index (χ0n) is 76.5. The standard InChI is InChI=1S/C97H187N5O12/c1-10-16-22-28-34-36-38-50-66-84-110-92(105)72-60-52-64-80-100(78-62-48-40-46-58-74-94(107)112-88(68-54-42-30-24-18-12-3)69-55-43-31-25-19-13-4)82-76-98-90(103)86-102(96(109)114-97(7,8)9)87-91(104)99-77-83-101(81-65-53-61-73-93(106)111-85-67-51-39-37-35-29-23-17-11-2)79-63-49-41-47-59-75-95(108)113-89(70-56-44-32-26-20-14-5)71-57-45-33-27-21-15-6/h88-89H,10-87H2,1-9H3,(H,98,103)(H,99,104). The van der Waals surface area contributed by atoms with E-state index in [1.165, 1.54) is 223 Å². The van der Waals surface area contributed by atoms with Crippen molar-refractivity contribution >= 4 is 41.8 Å². The lowest BCUT2D eigenvalue weighted by molar-refractivity contribution is -0.151. The van der Waals surface area contributed by atoms with Crippen LogP contribution in [0.1, 0.15) is 486 Å². The number of carbonyl (C=O) groups is 7. The van der Waals surface area contributed by atoms with Crippen molar-refractivity contribution in [2.24, 2.45) is 0 Å². The molecule has 0 bridgehead atoms. The van der Waals surface area contributed by atoms with Gasteiger partial charge in [0.2, 0.25) is 11.8 Å².